The molecule has 0 saturated heterocycles. The summed E-state index contributed by atoms with van der Waals surface area (Å²) < 4.78 is 6.68. The second-order valence-electron chi connectivity index (χ2n) is 4.05. The monoisotopic (exact) mass is 368 g/mol. The van der Waals surface area contributed by atoms with Gasteiger partial charge in [-0.05, 0) is 46.6 Å². The van der Waals surface area contributed by atoms with Crippen LogP contribution in [0.4, 0.5) is 0 Å². The van der Waals surface area contributed by atoms with Gasteiger partial charge < -0.3 is 4.74 Å². The number of halogens is 3. The highest BCUT2D eigenvalue weighted by molar-refractivity contribution is 9.10. The Balaban J connectivity index is 1.98. The van der Waals surface area contributed by atoms with Crippen molar-refractivity contribution in [3.63, 3.8) is 0 Å². The van der Waals surface area contributed by atoms with Crippen LogP contribution in [0, 0.1) is 0 Å². The summed E-state index contributed by atoms with van der Waals surface area (Å²) in [5.41, 5.74) is 0. The van der Waals surface area contributed by atoms with Crippen molar-refractivity contribution >= 4 is 49.9 Å². The predicted molar refractivity (Wildman–Crippen MR) is 83.8 cm³/mol. The Labute approximate surface area is 133 Å². The fourth-order valence-corrected chi connectivity index (χ4v) is 2.41. The summed E-state index contributed by atoms with van der Waals surface area (Å²) in [6, 6.07) is 11.7. The zero-order chi connectivity index (χ0) is 14.1. The summed E-state index contributed by atoms with van der Waals surface area (Å²) in [6.45, 7) is 0. The Hall–Kier alpha value is -1.36. The lowest BCUT2D eigenvalue weighted by atomic mass is 10.1. The smallest absolute Gasteiger partial charge is 0.242 e. The van der Waals surface area contributed by atoms with Gasteiger partial charge in [0.1, 0.15) is 10.8 Å². The molecule has 6 heteroatoms. The van der Waals surface area contributed by atoms with E-state index in [2.05, 4.69) is 25.9 Å². The first-order valence-electron chi connectivity index (χ1n) is 5.67. The number of nitrogens with zero attached hydrogens (tertiary/aromatic N) is 2. The van der Waals surface area contributed by atoms with E-state index in [9.17, 15) is 0 Å². The van der Waals surface area contributed by atoms with E-state index in [0.29, 0.717) is 10.8 Å². The van der Waals surface area contributed by atoms with Crippen LogP contribution in [0.15, 0.2) is 47.1 Å². The van der Waals surface area contributed by atoms with Crippen LogP contribution in [0.25, 0.3) is 10.8 Å². The van der Waals surface area contributed by atoms with Crippen molar-refractivity contribution in [1.82, 2.24) is 9.97 Å². The highest BCUT2D eigenvalue weighted by Gasteiger charge is 2.07. The number of benzene rings is 2. The number of aromatic nitrogens is 2. The van der Waals surface area contributed by atoms with Crippen LogP contribution in [-0.2, 0) is 0 Å². The fraction of sp³-hybridized carbons (Fsp3) is 0. The summed E-state index contributed by atoms with van der Waals surface area (Å²) in [5, 5.41) is 2.57. The Kier molecular flexibility index (Phi) is 3.78. The molecule has 0 bridgehead atoms. The minimum atomic E-state index is 0.0918. The number of ether oxygens (including phenoxy) is 1. The fourth-order valence-electron chi connectivity index (χ4n) is 1.77. The van der Waals surface area contributed by atoms with Gasteiger partial charge in [-0.2, -0.15) is 4.98 Å². The molecule has 0 aliphatic rings. The normalized spacial score (nSPS) is 10.8. The zero-order valence-electron chi connectivity index (χ0n) is 9.98. The van der Waals surface area contributed by atoms with Gasteiger partial charge in [-0.25, -0.2) is 4.98 Å². The second kappa shape index (κ2) is 5.56. The van der Waals surface area contributed by atoms with Gasteiger partial charge >= 0.3 is 0 Å². The van der Waals surface area contributed by atoms with Gasteiger partial charge in [-0.15, -0.1) is 0 Å². The molecule has 0 saturated carbocycles. The third kappa shape index (κ3) is 2.87. The number of hydrogen-bond donors (Lipinski definition) is 0. The maximum absolute atomic E-state index is 5.97. The van der Waals surface area contributed by atoms with E-state index in [1.807, 2.05) is 36.4 Å². The molecule has 0 spiro atoms. The molecule has 20 heavy (non-hydrogen) atoms. The van der Waals surface area contributed by atoms with Crippen LogP contribution < -0.4 is 4.74 Å². The Morgan fingerprint density at radius 1 is 1.00 bits per heavy atom. The van der Waals surface area contributed by atoms with E-state index in [1.165, 1.54) is 6.20 Å². The maximum atomic E-state index is 5.97. The minimum absolute atomic E-state index is 0.0918. The zero-order valence-corrected chi connectivity index (χ0v) is 13.1. The standard InChI is InChI=1S/C14H7BrCl2N2O/c15-10-3-1-9-6-11(4-2-8(9)5-10)20-13-12(16)7-18-14(17)19-13/h1-7H. The summed E-state index contributed by atoms with van der Waals surface area (Å²) in [4.78, 5) is 7.73. The third-order valence-corrected chi connectivity index (χ3v) is 3.61. The van der Waals surface area contributed by atoms with Crippen molar-refractivity contribution in [1.29, 1.82) is 0 Å². The molecule has 0 aliphatic carbocycles. The molecule has 0 amide bonds. The quantitative estimate of drug-likeness (QED) is 0.560. The molecule has 0 radical (unpaired) electrons. The minimum Gasteiger partial charge on any atom is -0.437 e. The van der Waals surface area contributed by atoms with Gasteiger partial charge in [-0.1, -0.05) is 39.7 Å². The van der Waals surface area contributed by atoms with E-state index in [0.717, 1.165) is 15.2 Å². The van der Waals surface area contributed by atoms with Gasteiger partial charge in [0, 0.05) is 4.47 Å². The number of fused-ring (bicyclic) bond motifs is 1. The van der Waals surface area contributed by atoms with Gasteiger partial charge in [0.2, 0.25) is 11.2 Å². The topological polar surface area (TPSA) is 35.0 Å². The lowest BCUT2D eigenvalue weighted by Gasteiger charge is -2.07. The molecule has 0 N–H and O–H groups in total. The Bertz CT molecular complexity index is 795. The van der Waals surface area contributed by atoms with Gasteiger partial charge in [0.25, 0.3) is 0 Å². The molecular weight excluding hydrogens is 363 g/mol. The van der Waals surface area contributed by atoms with Crippen molar-refractivity contribution in [2.45, 2.75) is 0 Å². The molecule has 100 valence electrons. The first-order chi connectivity index (χ1) is 9.61. The van der Waals surface area contributed by atoms with Crippen LogP contribution >= 0.6 is 39.1 Å². The second-order valence-corrected chi connectivity index (χ2v) is 5.71. The molecule has 0 atom stereocenters. The van der Waals surface area contributed by atoms with Crippen LogP contribution in [0.1, 0.15) is 0 Å². The van der Waals surface area contributed by atoms with E-state index in [1.54, 1.807) is 0 Å². The van der Waals surface area contributed by atoms with Gasteiger partial charge in [0.05, 0.1) is 6.20 Å². The van der Waals surface area contributed by atoms with Crippen LogP contribution in [-0.4, -0.2) is 9.97 Å². The van der Waals surface area contributed by atoms with Gasteiger partial charge in [-0.3, -0.25) is 0 Å². The first-order valence-corrected chi connectivity index (χ1v) is 7.22. The average Bonchev–Trinajstić information content (AvgIpc) is 2.43. The molecule has 0 aliphatic heterocycles. The molecular formula is C14H7BrCl2N2O. The Morgan fingerprint density at radius 2 is 1.75 bits per heavy atom. The molecule has 1 aromatic heterocycles. The lowest BCUT2D eigenvalue weighted by molar-refractivity contribution is 0.462. The summed E-state index contributed by atoms with van der Waals surface area (Å²) in [6.07, 6.45) is 1.41. The molecule has 3 rings (SSSR count). The SMILES string of the molecule is Clc1ncc(Cl)c(Oc2ccc3cc(Br)ccc3c2)n1. The van der Waals surface area contributed by atoms with E-state index in [-0.39, 0.29) is 11.2 Å². The highest BCUT2D eigenvalue weighted by Crippen LogP contribution is 2.30. The van der Waals surface area contributed by atoms with E-state index in [4.69, 9.17) is 27.9 Å². The predicted octanol–water partition coefficient (Wildman–Crippen LogP) is 5.49. The molecule has 1 heterocycles. The molecule has 0 unspecified atom stereocenters. The van der Waals surface area contributed by atoms with Crippen LogP contribution in [0.2, 0.25) is 10.3 Å². The highest BCUT2D eigenvalue weighted by atomic mass is 79.9. The summed E-state index contributed by atoms with van der Waals surface area (Å²) in [5.74, 6) is 0.875. The molecule has 3 aromatic rings. The summed E-state index contributed by atoms with van der Waals surface area (Å²) in [7, 11) is 0. The van der Waals surface area contributed by atoms with E-state index >= 15 is 0 Å². The van der Waals surface area contributed by atoms with Crippen molar-refractivity contribution in [3.05, 3.63) is 57.4 Å². The largest absolute Gasteiger partial charge is 0.437 e. The molecule has 0 fully saturated rings. The molecule has 3 nitrogen and oxygen atoms in total. The van der Waals surface area contributed by atoms with Crippen molar-refractivity contribution in [2.24, 2.45) is 0 Å². The van der Waals surface area contributed by atoms with Crippen molar-refractivity contribution < 1.29 is 4.74 Å². The Morgan fingerprint density at radius 3 is 2.60 bits per heavy atom. The van der Waals surface area contributed by atoms with Gasteiger partial charge in [0.15, 0.2) is 0 Å². The molecule has 2 aromatic carbocycles. The number of hydrogen-bond acceptors (Lipinski definition) is 3. The van der Waals surface area contributed by atoms with Crippen LogP contribution in [0.5, 0.6) is 11.6 Å². The lowest BCUT2D eigenvalue weighted by Crippen LogP contribution is -1.91. The maximum Gasteiger partial charge on any atom is 0.242 e. The number of rotatable bonds is 2. The van der Waals surface area contributed by atoms with Crippen molar-refractivity contribution in [2.75, 3.05) is 0 Å². The first kappa shape index (κ1) is 13.6. The van der Waals surface area contributed by atoms with Crippen molar-refractivity contribution in [3.8, 4) is 11.6 Å². The third-order valence-electron chi connectivity index (χ3n) is 2.67. The van der Waals surface area contributed by atoms with Crippen LogP contribution in [0.3, 0.4) is 0 Å². The van der Waals surface area contributed by atoms with E-state index < -0.39 is 0 Å². The summed E-state index contributed by atoms with van der Waals surface area (Å²) >= 11 is 15.1. The average molecular weight is 370 g/mol.